The largest absolute Gasteiger partial charge is 0.395 e. The van der Waals surface area contributed by atoms with Crippen LogP contribution in [-0.2, 0) is 5.41 Å². The third kappa shape index (κ3) is 2.85. The number of fused-ring (bicyclic) bond motifs is 2. The minimum atomic E-state index is -0.780. The Bertz CT molecular complexity index is 597. The molecule has 128 valence electrons. The maximum absolute atomic E-state index is 13.9. The SMILES string of the molecule is CC(C)(C)N1CC2(CCCN(CCO)C2)c2cc(F)c(F)cc21. The molecule has 2 aliphatic heterocycles. The molecule has 0 saturated carbocycles. The van der Waals surface area contributed by atoms with Crippen molar-refractivity contribution < 1.29 is 13.9 Å². The lowest BCUT2D eigenvalue weighted by molar-refractivity contribution is 0.124. The summed E-state index contributed by atoms with van der Waals surface area (Å²) in [5.74, 6) is -1.55. The van der Waals surface area contributed by atoms with Gasteiger partial charge in [-0.05, 0) is 51.8 Å². The van der Waals surface area contributed by atoms with Crippen molar-refractivity contribution in [3.8, 4) is 0 Å². The van der Waals surface area contributed by atoms with E-state index in [4.69, 9.17) is 0 Å². The Morgan fingerprint density at radius 3 is 2.52 bits per heavy atom. The van der Waals surface area contributed by atoms with Gasteiger partial charge in [0.05, 0.1) is 6.61 Å². The number of benzene rings is 1. The Morgan fingerprint density at radius 2 is 1.87 bits per heavy atom. The van der Waals surface area contributed by atoms with Crippen LogP contribution in [0.25, 0.3) is 0 Å². The summed E-state index contributed by atoms with van der Waals surface area (Å²) in [5.41, 5.74) is 1.42. The predicted molar refractivity (Wildman–Crippen MR) is 87.9 cm³/mol. The van der Waals surface area contributed by atoms with Gasteiger partial charge in [0.1, 0.15) is 0 Å². The second-order valence-corrected chi connectivity index (χ2v) is 7.92. The Kier molecular flexibility index (Phi) is 4.13. The molecule has 0 aliphatic carbocycles. The zero-order valence-corrected chi connectivity index (χ0v) is 14.2. The number of likely N-dealkylation sites (tertiary alicyclic amines) is 1. The van der Waals surface area contributed by atoms with Crippen molar-refractivity contribution in [2.45, 2.75) is 44.6 Å². The number of piperidine rings is 1. The van der Waals surface area contributed by atoms with Crippen molar-refractivity contribution in [3.05, 3.63) is 29.3 Å². The molecule has 0 radical (unpaired) electrons. The third-order valence-corrected chi connectivity index (χ3v) is 5.24. The monoisotopic (exact) mass is 324 g/mol. The van der Waals surface area contributed by atoms with E-state index in [1.807, 2.05) is 0 Å². The first-order valence-corrected chi connectivity index (χ1v) is 8.37. The minimum absolute atomic E-state index is 0.129. The number of rotatable bonds is 2. The van der Waals surface area contributed by atoms with Crippen LogP contribution in [0.2, 0.25) is 0 Å². The molecule has 1 saturated heterocycles. The molecule has 2 aliphatic rings. The Labute approximate surface area is 136 Å². The molecular weight excluding hydrogens is 298 g/mol. The second kappa shape index (κ2) is 5.71. The predicted octanol–water partition coefficient (Wildman–Crippen LogP) is 2.91. The van der Waals surface area contributed by atoms with Crippen LogP contribution in [-0.4, -0.2) is 48.3 Å². The molecule has 0 amide bonds. The van der Waals surface area contributed by atoms with E-state index in [0.717, 1.165) is 43.7 Å². The lowest BCUT2D eigenvalue weighted by Gasteiger charge is -2.42. The van der Waals surface area contributed by atoms with Crippen LogP contribution in [0.5, 0.6) is 0 Å². The molecule has 1 N–H and O–H groups in total. The highest BCUT2D eigenvalue weighted by molar-refractivity contribution is 5.65. The highest BCUT2D eigenvalue weighted by Gasteiger charge is 2.48. The van der Waals surface area contributed by atoms with E-state index >= 15 is 0 Å². The van der Waals surface area contributed by atoms with Crippen molar-refractivity contribution in [1.82, 2.24) is 4.90 Å². The first-order valence-electron chi connectivity index (χ1n) is 8.37. The summed E-state index contributed by atoms with van der Waals surface area (Å²) in [4.78, 5) is 4.44. The number of aliphatic hydroxyl groups excluding tert-OH is 1. The fourth-order valence-electron chi connectivity index (χ4n) is 4.16. The molecule has 1 aromatic carbocycles. The molecule has 0 bridgehead atoms. The maximum Gasteiger partial charge on any atom is 0.160 e. The first kappa shape index (κ1) is 16.7. The highest BCUT2D eigenvalue weighted by atomic mass is 19.2. The Morgan fingerprint density at radius 1 is 1.17 bits per heavy atom. The van der Waals surface area contributed by atoms with Gasteiger partial charge >= 0.3 is 0 Å². The summed E-state index contributed by atoms with van der Waals surface area (Å²) in [6, 6.07) is 2.76. The molecule has 1 unspecified atom stereocenters. The van der Waals surface area contributed by atoms with Gasteiger partial charge in [0.25, 0.3) is 0 Å². The van der Waals surface area contributed by atoms with E-state index in [0.29, 0.717) is 6.54 Å². The van der Waals surface area contributed by atoms with Crippen molar-refractivity contribution in [2.75, 3.05) is 37.7 Å². The van der Waals surface area contributed by atoms with Crippen molar-refractivity contribution in [1.29, 1.82) is 0 Å². The zero-order chi connectivity index (χ0) is 16.8. The topological polar surface area (TPSA) is 26.7 Å². The number of halogens is 2. The van der Waals surface area contributed by atoms with E-state index < -0.39 is 11.6 Å². The van der Waals surface area contributed by atoms with E-state index in [2.05, 4.69) is 30.6 Å². The van der Waals surface area contributed by atoms with Gasteiger partial charge in [0, 0.05) is 42.3 Å². The number of β-amino-alcohol motifs (C(OH)–C–C–N with tert-alkyl or cyclic N) is 1. The number of hydrogen-bond acceptors (Lipinski definition) is 3. The van der Waals surface area contributed by atoms with Gasteiger partial charge in [-0.1, -0.05) is 0 Å². The van der Waals surface area contributed by atoms with E-state index in [-0.39, 0.29) is 17.6 Å². The molecule has 23 heavy (non-hydrogen) atoms. The van der Waals surface area contributed by atoms with Gasteiger partial charge in [0.15, 0.2) is 11.6 Å². The van der Waals surface area contributed by atoms with Crippen LogP contribution >= 0.6 is 0 Å². The molecule has 5 heteroatoms. The minimum Gasteiger partial charge on any atom is -0.395 e. The van der Waals surface area contributed by atoms with E-state index in [9.17, 15) is 13.9 Å². The fraction of sp³-hybridized carbons (Fsp3) is 0.667. The third-order valence-electron chi connectivity index (χ3n) is 5.24. The summed E-state index contributed by atoms with van der Waals surface area (Å²) in [6.07, 6.45) is 1.98. The fourth-order valence-corrected chi connectivity index (χ4v) is 4.16. The lowest BCUT2D eigenvalue weighted by atomic mass is 9.75. The molecule has 1 fully saturated rings. The lowest BCUT2D eigenvalue weighted by Crippen LogP contribution is -2.51. The second-order valence-electron chi connectivity index (χ2n) is 7.92. The van der Waals surface area contributed by atoms with Gasteiger partial charge in [0.2, 0.25) is 0 Å². The quantitative estimate of drug-likeness (QED) is 0.906. The van der Waals surface area contributed by atoms with Gasteiger partial charge < -0.3 is 14.9 Å². The smallest absolute Gasteiger partial charge is 0.160 e. The standard InChI is InChI=1S/C18H26F2N2O/c1-17(2,3)22-12-18(5-4-6-21(11-18)7-8-23)13-9-14(19)15(20)10-16(13)22/h9-10,23H,4-8,11-12H2,1-3H3. The molecule has 3 nitrogen and oxygen atoms in total. The van der Waals surface area contributed by atoms with Crippen molar-refractivity contribution in [2.24, 2.45) is 0 Å². The summed E-state index contributed by atoms with van der Waals surface area (Å²) in [5, 5.41) is 9.25. The molecule has 1 spiro atoms. The Balaban J connectivity index is 2.06. The number of anilines is 1. The van der Waals surface area contributed by atoms with Gasteiger partial charge in [-0.2, -0.15) is 0 Å². The summed E-state index contributed by atoms with van der Waals surface area (Å²) < 4.78 is 27.8. The average Bonchev–Trinajstić information content (AvgIpc) is 2.74. The summed E-state index contributed by atoms with van der Waals surface area (Å²) in [6.45, 7) is 9.59. The van der Waals surface area contributed by atoms with Crippen molar-refractivity contribution >= 4 is 5.69 Å². The van der Waals surface area contributed by atoms with Crippen LogP contribution in [0.15, 0.2) is 12.1 Å². The number of hydrogen-bond donors (Lipinski definition) is 1. The van der Waals surface area contributed by atoms with Crippen LogP contribution in [0, 0.1) is 11.6 Å². The molecule has 0 aromatic heterocycles. The number of aliphatic hydroxyl groups is 1. The van der Waals surface area contributed by atoms with Gasteiger partial charge in [-0.3, -0.25) is 0 Å². The van der Waals surface area contributed by atoms with Gasteiger partial charge in [-0.25, -0.2) is 8.78 Å². The van der Waals surface area contributed by atoms with E-state index in [1.165, 1.54) is 12.1 Å². The van der Waals surface area contributed by atoms with Crippen LogP contribution in [0.4, 0.5) is 14.5 Å². The Hall–Kier alpha value is -1.20. The maximum atomic E-state index is 13.9. The first-order chi connectivity index (χ1) is 10.8. The summed E-state index contributed by atoms with van der Waals surface area (Å²) >= 11 is 0. The summed E-state index contributed by atoms with van der Waals surface area (Å²) in [7, 11) is 0. The molecule has 3 rings (SSSR count). The van der Waals surface area contributed by atoms with Gasteiger partial charge in [-0.15, -0.1) is 0 Å². The average molecular weight is 324 g/mol. The van der Waals surface area contributed by atoms with Crippen molar-refractivity contribution in [3.63, 3.8) is 0 Å². The number of nitrogens with zero attached hydrogens (tertiary/aromatic N) is 2. The molecular formula is C18H26F2N2O. The molecule has 1 aromatic rings. The molecule has 1 atom stereocenters. The zero-order valence-electron chi connectivity index (χ0n) is 14.2. The normalized spacial score (nSPS) is 25.2. The van der Waals surface area contributed by atoms with Crippen LogP contribution < -0.4 is 4.90 Å². The molecule has 2 heterocycles. The van der Waals surface area contributed by atoms with E-state index in [1.54, 1.807) is 0 Å². The highest BCUT2D eigenvalue weighted by Crippen LogP contribution is 2.48. The van der Waals surface area contributed by atoms with Crippen LogP contribution in [0.3, 0.4) is 0 Å². The van der Waals surface area contributed by atoms with Crippen LogP contribution in [0.1, 0.15) is 39.2 Å².